The average Bonchev–Trinajstić information content (AvgIpc) is 2.83. The normalized spacial score (nSPS) is 22.6. The molecule has 118 valence electrons. The van der Waals surface area contributed by atoms with Crippen LogP contribution >= 0.6 is 0 Å². The molecule has 2 fully saturated rings. The van der Waals surface area contributed by atoms with Gasteiger partial charge in [-0.05, 0) is 32.6 Å². The van der Waals surface area contributed by atoms with Crippen molar-refractivity contribution in [2.75, 3.05) is 20.1 Å². The predicted molar refractivity (Wildman–Crippen MR) is 79.1 cm³/mol. The van der Waals surface area contributed by atoms with Crippen LogP contribution in [0.3, 0.4) is 0 Å². The molecule has 0 N–H and O–H groups in total. The summed E-state index contributed by atoms with van der Waals surface area (Å²) in [6, 6.07) is 2.15. The van der Waals surface area contributed by atoms with E-state index in [1.54, 1.807) is 15.7 Å². The first kappa shape index (κ1) is 15.0. The van der Waals surface area contributed by atoms with Crippen molar-refractivity contribution >= 4 is 10.2 Å². The molecule has 2 heterocycles. The molecule has 0 atom stereocenters. The molecule has 0 spiro atoms. The molecule has 0 radical (unpaired) electrons. The molecule has 0 unspecified atom stereocenters. The molecule has 21 heavy (non-hydrogen) atoms. The zero-order valence-electron chi connectivity index (χ0n) is 12.7. The molecule has 6 nitrogen and oxygen atoms in total. The number of rotatable bonds is 4. The Kier molecular flexibility index (Phi) is 4.07. The summed E-state index contributed by atoms with van der Waals surface area (Å²) in [4.78, 5) is 0. The van der Waals surface area contributed by atoms with E-state index in [0.29, 0.717) is 13.1 Å². The minimum absolute atomic E-state index is 0.199. The van der Waals surface area contributed by atoms with Gasteiger partial charge in [0.05, 0.1) is 5.69 Å². The second kappa shape index (κ2) is 5.70. The number of aryl methyl sites for hydroxylation is 1. The van der Waals surface area contributed by atoms with Gasteiger partial charge in [-0.3, -0.25) is 0 Å². The predicted octanol–water partition coefficient (Wildman–Crippen LogP) is 1.89. The Morgan fingerprint density at radius 2 is 1.95 bits per heavy atom. The van der Waals surface area contributed by atoms with Crippen LogP contribution in [0.25, 0.3) is 0 Å². The summed E-state index contributed by atoms with van der Waals surface area (Å²) in [6.45, 7) is 3.02. The standard InChI is InChI=1S/C14H23N3O3S/c1-11-10-14(20-15-11)12-6-8-17(9-7-12)21(18,19)16(2)13-4-3-5-13/h10,12-13H,3-9H2,1-2H3. The summed E-state index contributed by atoms with van der Waals surface area (Å²) in [5.74, 6) is 1.17. The molecule has 0 bridgehead atoms. The maximum atomic E-state index is 12.6. The highest BCUT2D eigenvalue weighted by molar-refractivity contribution is 7.86. The fourth-order valence-electron chi connectivity index (χ4n) is 3.07. The number of aromatic nitrogens is 1. The summed E-state index contributed by atoms with van der Waals surface area (Å²) < 4.78 is 33.7. The minimum atomic E-state index is -3.30. The SMILES string of the molecule is Cc1cc(C2CCN(S(=O)(=O)N(C)C3CCC3)CC2)on1. The lowest BCUT2D eigenvalue weighted by atomic mass is 9.94. The smallest absolute Gasteiger partial charge is 0.281 e. The van der Waals surface area contributed by atoms with Gasteiger partial charge in [0.25, 0.3) is 10.2 Å². The van der Waals surface area contributed by atoms with Gasteiger partial charge in [-0.2, -0.15) is 17.0 Å². The first-order valence-electron chi connectivity index (χ1n) is 7.65. The van der Waals surface area contributed by atoms with Crippen LogP contribution in [0.2, 0.25) is 0 Å². The second-order valence-corrected chi connectivity index (χ2v) is 8.14. The van der Waals surface area contributed by atoms with Gasteiger partial charge < -0.3 is 4.52 Å². The van der Waals surface area contributed by atoms with Crippen molar-refractivity contribution in [3.8, 4) is 0 Å². The van der Waals surface area contributed by atoms with Crippen LogP contribution in [0.1, 0.15) is 49.5 Å². The van der Waals surface area contributed by atoms with E-state index in [4.69, 9.17) is 4.52 Å². The van der Waals surface area contributed by atoms with Crippen LogP contribution in [0.5, 0.6) is 0 Å². The highest BCUT2D eigenvalue weighted by atomic mass is 32.2. The lowest BCUT2D eigenvalue weighted by Gasteiger charge is -2.39. The maximum absolute atomic E-state index is 12.6. The third-order valence-corrected chi connectivity index (χ3v) is 6.83. The third-order valence-electron chi connectivity index (χ3n) is 4.78. The Hall–Kier alpha value is -0.920. The lowest BCUT2D eigenvalue weighted by molar-refractivity contribution is 0.216. The van der Waals surface area contributed by atoms with Crippen molar-refractivity contribution in [1.82, 2.24) is 13.8 Å². The molecule has 1 aromatic rings. The molecule has 0 amide bonds. The van der Waals surface area contributed by atoms with Crippen molar-refractivity contribution in [2.45, 2.75) is 51.0 Å². The van der Waals surface area contributed by atoms with E-state index in [-0.39, 0.29) is 12.0 Å². The minimum Gasteiger partial charge on any atom is -0.361 e. The van der Waals surface area contributed by atoms with Crippen molar-refractivity contribution in [3.05, 3.63) is 17.5 Å². The van der Waals surface area contributed by atoms with Gasteiger partial charge >= 0.3 is 0 Å². The molecule has 1 saturated heterocycles. The third kappa shape index (κ3) is 2.86. The van der Waals surface area contributed by atoms with Gasteiger partial charge in [-0.1, -0.05) is 11.6 Å². The zero-order valence-corrected chi connectivity index (χ0v) is 13.5. The fourth-order valence-corrected chi connectivity index (χ4v) is 4.69. The molecular weight excluding hydrogens is 290 g/mol. The van der Waals surface area contributed by atoms with E-state index in [0.717, 1.165) is 43.6 Å². The topological polar surface area (TPSA) is 66.7 Å². The quantitative estimate of drug-likeness (QED) is 0.851. The monoisotopic (exact) mass is 313 g/mol. The molecule has 1 aliphatic carbocycles. The zero-order chi connectivity index (χ0) is 15.0. The molecular formula is C14H23N3O3S. The molecule has 1 aromatic heterocycles. The number of piperidine rings is 1. The van der Waals surface area contributed by atoms with E-state index >= 15 is 0 Å². The van der Waals surface area contributed by atoms with Crippen molar-refractivity contribution in [2.24, 2.45) is 0 Å². The van der Waals surface area contributed by atoms with Crippen LogP contribution in [0.4, 0.5) is 0 Å². The molecule has 1 aliphatic heterocycles. The van der Waals surface area contributed by atoms with Gasteiger partial charge in [0, 0.05) is 38.2 Å². The van der Waals surface area contributed by atoms with Gasteiger partial charge in [-0.25, -0.2) is 0 Å². The highest BCUT2D eigenvalue weighted by Crippen LogP contribution is 2.32. The summed E-state index contributed by atoms with van der Waals surface area (Å²) in [5, 5.41) is 3.91. The van der Waals surface area contributed by atoms with Gasteiger partial charge in [-0.15, -0.1) is 0 Å². The summed E-state index contributed by atoms with van der Waals surface area (Å²) in [7, 11) is -1.59. The van der Waals surface area contributed by atoms with Crippen LogP contribution in [0, 0.1) is 6.92 Å². The van der Waals surface area contributed by atoms with E-state index in [1.165, 1.54) is 0 Å². The number of hydrogen-bond acceptors (Lipinski definition) is 4. The average molecular weight is 313 g/mol. The fraction of sp³-hybridized carbons (Fsp3) is 0.786. The molecule has 3 rings (SSSR count). The Bertz CT molecular complexity index is 586. The van der Waals surface area contributed by atoms with E-state index in [1.807, 2.05) is 13.0 Å². The Morgan fingerprint density at radius 1 is 1.29 bits per heavy atom. The first-order valence-corrected chi connectivity index (χ1v) is 9.04. The van der Waals surface area contributed by atoms with Crippen LogP contribution in [-0.2, 0) is 10.2 Å². The van der Waals surface area contributed by atoms with Crippen LogP contribution in [0.15, 0.2) is 10.6 Å². The maximum Gasteiger partial charge on any atom is 0.281 e. The second-order valence-electron chi connectivity index (χ2n) is 6.15. The Labute approximate surface area is 126 Å². The lowest BCUT2D eigenvalue weighted by Crippen LogP contribution is -2.50. The highest BCUT2D eigenvalue weighted by Gasteiger charge is 2.37. The molecule has 1 saturated carbocycles. The van der Waals surface area contributed by atoms with E-state index in [2.05, 4.69) is 5.16 Å². The van der Waals surface area contributed by atoms with Gasteiger partial charge in [0.15, 0.2) is 0 Å². The largest absolute Gasteiger partial charge is 0.361 e. The van der Waals surface area contributed by atoms with Crippen molar-refractivity contribution in [3.63, 3.8) is 0 Å². The van der Waals surface area contributed by atoms with Gasteiger partial charge in [0.1, 0.15) is 5.76 Å². The van der Waals surface area contributed by atoms with Gasteiger partial charge in [0.2, 0.25) is 0 Å². The van der Waals surface area contributed by atoms with Crippen LogP contribution < -0.4 is 0 Å². The van der Waals surface area contributed by atoms with E-state index < -0.39 is 10.2 Å². The summed E-state index contributed by atoms with van der Waals surface area (Å²) in [6.07, 6.45) is 4.71. The van der Waals surface area contributed by atoms with Crippen LogP contribution in [-0.4, -0.2) is 48.4 Å². The van der Waals surface area contributed by atoms with Crippen molar-refractivity contribution in [1.29, 1.82) is 0 Å². The van der Waals surface area contributed by atoms with Crippen molar-refractivity contribution < 1.29 is 12.9 Å². The number of nitrogens with zero attached hydrogens (tertiary/aromatic N) is 3. The molecule has 0 aromatic carbocycles. The number of hydrogen-bond donors (Lipinski definition) is 0. The Morgan fingerprint density at radius 3 is 2.43 bits per heavy atom. The Balaban J connectivity index is 1.62. The molecule has 2 aliphatic rings. The summed E-state index contributed by atoms with van der Waals surface area (Å²) in [5.41, 5.74) is 0.879. The summed E-state index contributed by atoms with van der Waals surface area (Å²) >= 11 is 0. The first-order chi connectivity index (χ1) is 9.98. The molecule has 7 heteroatoms. The van der Waals surface area contributed by atoms with E-state index in [9.17, 15) is 8.42 Å².